The number of sulfone groups is 1. The lowest BCUT2D eigenvalue weighted by Crippen LogP contribution is -2.51. The van der Waals surface area contributed by atoms with E-state index in [2.05, 4.69) is 5.32 Å². The van der Waals surface area contributed by atoms with Crippen molar-refractivity contribution in [3.05, 3.63) is 0 Å². The fourth-order valence-electron chi connectivity index (χ4n) is 1.78. The molecule has 0 saturated heterocycles. The summed E-state index contributed by atoms with van der Waals surface area (Å²) >= 11 is 0. The quantitative estimate of drug-likeness (QED) is 0.721. The summed E-state index contributed by atoms with van der Waals surface area (Å²) in [7, 11) is -1.63. The monoisotopic (exact) mass is 292 g/mol. The SMILES string of the molecule is CN(C(=O)NC(CCS(C)(=O)=O)C(=O)O)C1CCC1. The number of urea groups is 1. The number of carbonyl (C=O) groups is 2. The minimum atomic E-state index is -3.25. The molecule has 0 bridgehead atoms. The van der Waals surface area contributed by atoms with Crippen molar-refractivity contribution in [3.8, 4) is 0 Å². The fourth-order valence-corrected chi connectivity index (χ4v) is 2.44. The molecule has 0 aromatic carbocycles. The molecule has 7 nitrogen and oxygen atoms in total. The lowest BCUT2D eigenvalue weighted by molar-refractivity contribution is -0.139. The molecule has 2 amide bonds. The van der Waals surface area contributed by atoms with Crippen molar-refractivity contribution in [1.82, 2.24) is 10.2 Å². The number of nitrogens with one attached hydrogen (secondary N) is 1. The number of rotatable bonds is 6. The van der Waals surface area contributed by atoms with Crippen molar-refractivity contribution in [2.45, 2.75) is 37.8 Å². The van der Waals surface area contributed by atoms with Crippen LogP contribution in [-0.2, 0) is 14.6 Å². The molecule has 1 saturated carbocycles. The van der Waals surface area contributed by atoms with Gasteiger partial charge >= 0.3 is 12.0 Å². The molecule has 0 radical (unpaired) electrons. The zero-order valence-corrected chi connectivity index (χ0v) is 11.9. The van der Waals surface area contributed by atoms with Crippen molar-refractivity contribution in [3.63, 3.8) is 0 Å². The van der Waals surface area contributed by atoms with Gasteiger partial charge in [0.15, 0.2) is 0 Å². The van der Waals surface area contributed by atoms with Crippen molar-refractivity contribution >= 4 is 21.8 Å². The van der Waals surface area contributed by atoms with Gasteiger partial charge in [0.2, 0.25) is 0 Å². The smallest absolute Gasteiger partial charge is 0.326 e. The Labute approximate surface area is 112 Å². The highest BCUT2D eigenvalue weighted by molar-refractivity contribution is 7.90. The molecular weight excluding hydrogens is 272 g/mol. The van der Waals surface area contributed by atoms with Crippen molar-refractivity contribution in [1.29, 1.82) is 0 Å². The van der Waals surface area contributed by atoms with Gasteiger partial charge in [-0.25, -0.2) is 18.0 Å². The zero-order valence-electron chi connectivity index (χ0n) is 11.1. The standard InChI is InChI=1S/C11H20N2O5S/c1-13(8-4-3-5-8)11(16)12-9(10(14)15)6-7-19(2,17)18/h8-9H,3-7H2,1-2H3,(H,12,16)(H,14,15). The van der Waals surface area contributed by atoms with Gasteiger partial charge in [-0.1, -0.05) is 0 Å². The maximum absolute atomic E-state index is 11.8. The lowest BCUT2D eigenvalue weighted by atomic mass is 9.92. The number of nitrogens with zero attached hydrogens (tertiary/aromatic N) is 1. The first-order valence-corrected chi connectivity index (χ1v) is 8.20. The van der Waals surface area contributed by atoms with Crippen molar-refractivity contribution in [2.24, 2.45) is 0 Å². The van der Waals surface area contributed by atoms with Gasteiger partial charge in [-0.05, 0) is 25.7 Å². The van der Waals surface area contributed by atoms with Gasteiger partial charge in [-0.2, -0.15) is 0 Å². The molecule has 1 aliphatic carbocycles. The van der Waals surface area contributed by atoms with E-state index in [0.717, 1.165) is 25.5 Å². The Balaban J connectivity index is 2.52. The summed E-state index contributed by atoms with van der Waals surface area (Å²) in [6, 6.07) is -1.49. The summed E-state index contributed by atoms with van der Waals surface area (Å²) in [6.07, 6.45) is 3.82. The molecule has 0 aliphatic heterocycles. The molecule has 19 heavy (non-hydrogen) atoms. The van der Waals surface area contributed by atoms with Crippen LogP contribution in [0, 0.1) is 0 Å². The first-order valence-electron chi connectivity index (χ1n) is 6.14. The molecule has 1 aliphatic rings. The van der Waals surface area contributed by atoms with Gasteiger partial charge in [-0.3, -0.25) is 0 Å². The van der Waals surface area contributed by atoms with Gasteiger partial charge in [0.05, 0.1) is 5.75 Å². The highest BCUT2D eigenvalue weighted by atomic mass is 32.2. The van der Waals surface area contributed by atoms with E-state index in [1.54, 1.807) is 7.05 Å². The average molecular weight is 292 g/mol. The third kappa shape index (κ3) is 5.06. The minimum absolute atomic E-state index is 0.127. The number of hydrogen-bond donors (Lipinski definition) is 2. The first-order chi connectivity index (χ1) is 8.70. The van der Waals surface area contributed by atoms with E-state index in [9.17, 15) is 18.0 Å². The molecule has 0 aromatic rings. The van der Waals surface area contributed by atoms with Crippen LogP contribution >= 0.6 is 0 Å². The average Bonchev–Trinajstić information content (AvgIpc) is 2.19. The van der Waals surface area contributed by atoms with E-state index in [1.165, 1.54) is 4.90 Å². The predicted octanol–water partition coefficient (Wildman–Crippen LogP) is 0.0682. The highest BCUT2D eigenvalue weighted by Crippen LogP contribution is 2.23. The van der Waals surface area contributed by atoms with Gasteiger partial charge < -0.3 is 15.3 Å². The molecule has 8 heteroatoms. The summed E-state index contributed by atoms with van der Waals surface area (Å²) in [4.78, 5) is 24.3. The normalized spacial score (nSPS) is 17.4. The van der Waals surface area contributed by atoms with Crippen LogP contribution in [0.1, 0.15) is 25.7 Å². The van der Waals surface area contributed by atoms with Crippen LogP contribution in [0.3, 0.4) is 0 Å². The van der Waals surface area contributed by atoms with Gasteiger partial charge in [0.1, 0.15) is 15.9 Å². The second-order valence-electron chi connectivity index (χ2n) is 4.95. The van der Waals surface area contributed by atoms with Gasteiger partial charge in [0, 0.05) is 19.3 Å². The van der Waals surface area contributed by atoms with E-state index in [1.807, 2.05) is 0 Å². The van der Waals surface area contributed by atoms with E-state index in [4.69, 9.17) is 5.11 Å². The topological polar surface area (TPSA) is 104 Å². The molecule has 0 spiro atoms. The molecule has 0 aromatic heterocycles. The maximum Gasteiger partial charge on any atom is 0.326 e. The zero-order chi connectivity index (χ0) is 14.6. The van der Waals surface area contributed by atoms with Crippen LogP contribution in [0.15, 0.2) is 0 Å². The molecule has 1 unspecified atom stereocenters. The van der Waals surface area contributed by atoms with Crippen molar-refractivity contribution in [2.75, 3.05) is 19.1 Å². The van der Waals surface area contributed by atoms with Crippen LogP contribution in [-0.4, -0.2) is 61.6 Å². The molecule has 2 N–H and O–H groups in total. The number of carbonyl (C=O) groups excluding carboxylic acids is 1. The van der Waals surface area contributed by atoms with Gasteiger partial charge in [0.25, 0.3) is 0 Å². The Morgan fingerprint density at radius 1 is 1.42 bits per heavy atom. The number of amides is 2. The van der Waals surface area contributed by atoms with E-state index < -0.39 is 27.9 Å². The first kappa shape index (κ1) is 15.7. The fraction of sp³-hybridized carbons (Fsp3) is 0.818. The number of carboxylic acids is 1. The summed E-state index contributed by atoms with van der Waals surface area (Å²) < 4.78 is 22.1. The maximum atomic E-state index is 11.8. The molecule has 110 valence electrons. The van der Waals surface area contributed by atoms with Crippen molar-refractivity contribution < 1.29 is 23.1 Å². The summed E-state index contributed by atoms with van der Waals surface area (Å²) in [6.45, 7) is 0. The van der Waals surface area contributed by atoms with Crippen LogP contribution in [0.25, 0.3) is 0 Å². The van der Waals surface area contributed by atoms with Crippen LogP contribution in [0.2, 0.25) is 0 Å². The number of aliphatic carboxylic acids is 1. The molecular formula is C11H20N2O5S. The summed E-state index contributed by atoms with van der Waals surface area (Å²) in [5, 5.41) is 11.3. The minimum Gasteiger partial charge on any atom is -0.480 e. The second kappa shape index (κ2) is 6.23. The Bertz CT molecular complexity index is 444. The Hall–Kier alpha value is -1.31. The Kier molecular flexibility index (Phi) is 5.16. The molecule has 1 fully saturated rings. The highest BCUT2D eigenvalue weighted by Gasteiger charge is 2.28. The van der Waals surface area contributed by atoms with E-state index in [0.29, 0.717) is 0 Å². The van der Waals surface area contributed by atoms with E-state index in [-0.39, 0.29) is 18.2 Å². The van der Waals surface area contributed by atoms with Crippen LogP contribution in [0.4, 0.5) is 4.79 Å². The van der Waals surface area contributed by atoms with Gasteiger partial charge in [-0.15, -0.1) is 0 Å². The van der Waals surface area contributed by atoms with E-state index >= 15 is 0 Å². The number of hydrogen-bond acceptors (Lipinski definition) is 4. The Morgan fingerprint density at radius 3 is 2.37 bits per heavy atom. The predicted molar refractivity (Wildman–Crippen MR) is 69.7 cm³/mol. The summed E-state index contributed by atoms with van der Waals surface area (Å²) in [5.74, 6) is -1.49. The Morgan fingerprint density at radius 2 is 2.00 bits per heavy atom. The van der Waals surface area contributed by atoms with Crippen LogP contribution in [0.5, 0.6) is 0 Å². The molecule has 1 atom stereocenters. The summed E-state index contributed by atoms with van der Waals surface area (Å²) in [5.41, 5.74) is 0. The third-order valence-electron chi connectivity index (χ3n) is 3.32. The lowest BCUT2D eigenvalue weighted by Gasteiger charge is -2.35. The van der Waals surface area contributed by atoms with Crippen LogP contribution < -0.4 is 5.32 Å². The molecule has 1 rings (SSSR count). The largest absolute Gasteiger partial charge is 0.480 e. The molecule has 0 heterocycles. The second-order valence-corrected chi connectivity index (χ2v) is 7.21. The third-order valence-corrected chi connectivity index (χ3v) is 4.29. The number of carboxylic acid groups (broad SMARTS) is 1.